The molecule has 0 aromatic heterocycles. The van der Waals surface area contributed by atoms with E-state index in [0.29, 0.717) is 11.5 Å². The minimum absolute atomic E-state index is 0.0484. The normalized spacial score (nSPS) is 17.3. The lowest BCUT2D eigenvalue weighted by Crippen LogP contribution is -2.43. The molecule has 0 spiro atoms. The van der Waals surface area contributed by atoms with Gasteiger partial charge in [0.1, 0.15) is 0 Å². The molecule has 0 radical (unpaired) electrons. The molecule has 2 amide bonds. The van der Waals surface area contributed by atoms with Crippen LogP contribution in [-0.2, 0) is 9.59 Å². The van der Waals surface area contributed by atoms with Crippen LogP contribution in [0.25, 0.3) is 0 Å². The number of hydrazine groups is 1. The standard InChI is InChI=1S/C14H16N2O6/c1-21-10-4-3-8(5-11(10)22-2)13(18)15-16-7-9(14(19)20)6-12(16)17/h3-5,9H,6-7H2,1-2H3,(H,15,18)(H,19,20)/t9-/m0/s1. The van der Waals surface area contributed by atoms with Gasteiger partial charge in [-0.25, -0.2) is 0 Å². The molecule has 1 aromatic carbocycles. The van der Waals surface area contributed by atoms with E-state index in [1.165, 1.54) is 26.4 Å². The summed E-state index contributed by atoms with van der Waals surface area (Å²) in [6, 6.07) is 4.56. The number of carbonyl (C=O) groups is 3. The SMILES string of the molecule is COc1ccc(C(=O)NN2C[C@@H](C(=O)O)CC2=O)cc1OC. The number of nitrogens with one attached hydrogen (secondary N) is 1. The van der Waals surface area contributed by atoms with Crippen LogP contribution in [0.5, 0.6) is 11.5 Å². The molecular formula is C14H16N2O6. The van der Waals surface area contributed by atoms with E-state index in [2.05, 4.69) is 5.43 Å². The van der Waals surface area contributed by atoms with E-state index in [9.17, 15) is 14.4 Å². The smallest absolute Gasteiger partial charge is 0.308 e. The topological polar surface area (TPSA) is 105 Å². The van der Waals surface area contributed by atoms with Gasteiger partial charge in [-0.1, -0.05) is 0 Å². The van der Waals surface area contributed by atoms with Gasteiger partial charge in [0.2, 0.25) is 5.91 Å². The summed E-state index contributed by atoms with van der Waals surface area (Å²) in [5.74, 6) is -1.97. The van der Waals surface area contributed by atoms with Gasteiger partial charge in [-0.3, -0.25) is 24.8 Å². The van der Waals surface area contributed by atoms with Gasteiger partial charge >= 0.3 is 5.97 Å². The molecule has 8 nitrogen and oxygen atoms in total. The predicted molar refractivity (Wildman–Crippen MR) is 74.5 cm³/mol. The zero-order valence-electron chi connectivity index (χ0n) is 12.2. The molecule has 1 aliphatic rings. The lowest BCUT2D eigenvalue weighted by Gasteiger charge is -2.17. The summed E-state index contributed by atoms with van der Waals surface area (Å²) in [5.41, 5.74) is 2.67. The quantitative estimate of drug-likeness (QED) is 0.809. The number of rotatable bonds is 5. The third-order valence-corrected chi connectivity index (χ3v) is 3.36. The highest BCUT2D eigenvalue weighted by molar-refractivity contribution is 5.96. The number of carboxylic acid groups (broad SMARTS) is 1. The van der Waals surface area contributed by atoms with Gasteiger partial charge < -0.3 is 14.6 Å². The zero-order valence-corrected chi connectivity index (χ0v) is 12.2. The summed E-state index contributed by atoms with van der Waals surface area (Å²) >= 11 is 0. The van der Waals surface area contributed by atoms with Crippen LogP contribution in [0, 0.1) is 5.92 Å². The summed E-state index contributed by atoms with van der Waals surface area (Å²) in [6.45, 7) is -0.0484. The molecule has 1 aliphatic heterocycles. The first-order chi connectivity index (χ1) is 10.5. The number of carbonyl (C=O) groups excluding carboxylic acids is 2. The van der Waals surface area contributed by atoms with Crippen LogP contribution in [0.2, 0.25) is 0 Å². The fourth-order valence-electron chi connectivity index (χ4n) is 2.15. The van der Waals surface area contributed by atoms with Crippen LogP contribution in [0.4, 0.5) is 0 Å². The van der Waals surface area contributed by atoms with Crippen LogP contribution < -0.4 is 14.9 Å². The monoisotopic (exact) mass is 308 g/mol. The Balaban J connectivity index is 2.09. The number of benzene rings is 1. The van der Waals surface area contributed by atoms with Crippen LogP contribution in [-0.4, -0.2) is 48.7 Å². The van der Waals surface area contributed by atoms with Gasteiger partial charge in [-0.05, 0) is 18.2 Å². The summed E-state index contributed by atoms with van der Waals surface area (Å²) in [7, 11) is 2.92. The van der Waals surface area contributed by atoms with E-state index >= 15 is 0 Å². The molecule has 22 heavy (non-hydrogen) atoms. The van der Waals surface area contributed by atoms with E-state index in [0.717, 1.165) is 5.01 Å². The number of ether oxygens (including phenoxy) is 2. The van der Waals surface area contributed by atoms with Gasteiger partial charge in [-0.2, -0.15) is 0 Å². The van der Waals surface area contributed by atoms with Crippen LogP contribution in [0.3, 0.4) is 0 Å². The predicted octanol–water partition coefficient (Wildman–Crippen LogP) is 0.282. The molecule has 1 saturated heterocycles. The lowest BCUT2D eigenvalue weighted by atomic mass is 10.1. The Morgan fingerprint density at radius 3 is 2.50 bits per heavy atom. The Hall–Kier alpha value is -2.77. The minimum Gasteiger partial charge on any atom is -0.493 e. The zero-order chi connectivity index (χ0) is 16.3. The van der Waals surface area contributed by atoms with Gasteiger partial charge in [0, 0.05) is 12.0 Å². The first-order valence-electron chi connectivity index (χ1n) is 6.52. The third kappa shape index (κ3) is 3.11. The number of carboxylic acids is 1. The highest BCUT2D eigenvalue weighted by Gasteiger charge is 2.35. The molecule has 8 heteroatoms. The molecule has 0 saturated carbocycles. The van der Waals surface area contributed by atoms with Crippen molar-refractivity contribution < 1.29 is 29.0 Å². The molecule has 1 aromatic rings. The van der Waals surface area contributed by atoms with Gasteiger partial charge in [0.15, 0.2) is 11.5 Å². The Kier molecular flexibility index (Phi) is 4.50. The Morgan fingerprint density at radius 2 is 1.95 bits per heavy atom. The van der Waals surface area contributed by atoms with E-state index in [-0.39, 0.29) is 18.5 Å². The maximum absolute atomic E-state index is 12.1. The van der Waals surface area contributed by atoms with Crippen LogP contribution in [0.15, 0.2) is 18.2 Å². The van der Waals surface area contributed by atoms with Gasteiger partial charge in [0.25, 0.3) is 5.91 Å². The Bertz CT molecular complexity index is 615. The number of hydrogen-bond acceptors (Lipinski definition) is 5. The third-order valence-electron chi connectivity index (χ3n) is 3.36. The highest BCUT2D eigenvalue weighted by atomic mass is 16.5. The second kappa shape index (κ2) is 6.33. The van der Waals surface area contributed by atoms with Crippen molar-refractivity contribution in [3.05, 3.63) is 23.8 Å². The molecule has 2 rings (SSSR count). The molecule has 1 atom stereocenters. The van der Waals surface area contributed by atoms with E-state index in [1.54, 1.807) is 6.07 Å². The van der Waals surface area contributed by atoms with Gasteiger partial charge in [-0.15, -0.1) is 0 Å². The molecule has 2 N–H and O–H groups in total. The Labute approximate surface area is 126 Å². The largest absolute Gasteiger partial charge is 0.493 e. The first kappa shape index (κ1) is 15.6. The molecule has 0 bridgehead atoms. The van der Waals surface area contributed by atoms with Gasteiger partial charge in [0.05, 0.1) is 26.7 Å². The fourth-order valence-corrected chi connectivity index (χ4v) is 2.15. The van der Waals surface area contributed by atoms with Crippen molar-refractivity contribution in [3.8, 4) is 11.5 Å². The number of methoxy groups -OCH3 is 2. The Morgan fingerprint density at radius 1 is 1.27 bits per heavy atom. The second-order valence-corrected chi connectivity index (χ2v) is 4.75. The molecule has 0 aliphatic carbocycles. The lowest BCUT2D eigenvalue weighted by molar-refractivity contribution is -0.141. The number of nitrogens with zero attached hydrogens (tertiary/aromatic N) is 1. The maximum Gasteiger partial charge on any atom is 0.308 e. The molecule has 1 fully saturated rings. The average Bonchev–Trinajstić information content (AvgIpc) is 2.87. The maximum atomic E-state index is 12.1. The van der Waals surface area contributed by atoms with Crippen molar-refractivity contribution in [2.24, 2.45) is 5.92 Å². The first-order valence-corrected chi connectivity index (χ1v) is 6.52. The summed E-state index contributed by atoms with van der Waals surface area (Å²) in [4.78, 5) is 34.7. The van der Waals surface area contributed by atoms with Crippen molar-refractivity contribution in [2.75, 3.05) is 20.8 Å². The number of hydrogen-bond donors (Lipinski definition) is 2. The summed E-state index contributed by atoms with van der Waals surface area (Å²) in [6.07, 6.45) is -0.123. The molecular weight excluding hydrogens is 292 g/mol. The van der Waals surface area contributed by atoms with E-state index in [1.807, 2.05) is 0 Å². The van der Waals surface area contributed by atoms with E-state index in [4.69, 9.17) is 14.6 Å². The summed E-state index contributed by atoms with van der Waals surface area (Å²) < 4.78 is 10.2. The van der Waals surface area contributed by atoms with E-state index < -0.39 is 23.7 Å². The highest BCUT2D eigenvalue weighted by Crippen LogP contribution is 2.27. The molecule has 0 unspecified atom stereocenters. The minimum atomic E-state index is -1.06. The van der Waals surface area contributed by atoms with Crippen LogP contribution in [0.1, 0.15) is 16.8 Å². The van der Waals surface area contributed by atoms with Crippen molar-refractivity contribution in [3.63, 3.8) is 0 Å². The fraction of sp³-hybridized carbons (Fsp3) is 0.357. The number of amides is 2. The summed E-state index contributed by atoms with van der Waals surface area (Å²) in [5, 5.41) is 9.93. The van der Waals surface area contributed by atoms with Crippen molar-refractivity contribution in [1.82, 2.24) is 10.4 Å². The molecule has 118 valence electrons. The van der Waals surface area contributed by atoms with Crippen molar-refractivity contribution in [2.45, 2.75) is 6.42 Å². The molecule has 1 heterocycles. The second-order valence-electron chi connectivity index (χ2n) is 4.75. The number of aliphatic carboxylic acids is 1. The van der Waals surface area contributed by atoms with Crippen LogP contribution >= 0.6 is 0 Å². The average molecular weight is 308 g/mol. The van der Waals surface area contributed by atoms with Crippen molar-refractivity contribution in [1.29, 1.82) is 0 Å². The van der Waals surface area contributed by atoms with Crippen molar-refractivity contribution >= 4 is 17.8 Å².